The van der Waals surface area contributed by atoms with Crippen molar-refractivity contribution in [2.45, 2.75) is 39.8 Å². The average molecular weight is 158 g/mol. The van der Waals surface area contributed by atoms with Crippen LogP contribution in [0, 0.1) is 0 Å². The maximum absolute atomic E-state index is 11.0. The second kappa shape index (κ2) is 5.13. The van der Waals surface area contributed by atoms with E-state index in [0.717, 1.165) is 0 Å². The number of nitrogens with one attached hydrogen (secondary N) is 2. The van der Waals surface area contributed by atoms with Gasteiger partial charge in [0.15, 0.2) is 0 Å². The first-order valence-electron chi connectivity index (χ1n) is 4.05. The van der Waals surface area contributed by atoms with Crippen LogP contribution in [0.2, 0.25) is 0 Å². The molecule has 66 valence electrons. The van der Waals surface area contributed by atoms with Gasteiger partial charge in [-0.2, -0.15) is 0 Å². The Morgan fingerprint density at radius 2 is 1.73 bits per heavy atom. The minimum atomic E-state index is 0.0636. The Bertz CT molecular complexity index is 121. The first-order valence-corrected chi connectivity index (χ1v) is 4.05. The van der Waals surface area contributed by atoms with Crippen LogP contribution < -0.4 is 10.6 Å². The number of rotatable bonds is 4. The van der Waals surface area contributed by atoms with Gasteiger partial charge in [0.25, 0.3) is 0 Å². The predicted octanol–water partition coefficient (Wildman–Crippen LogP) is 0.509. The fourth-order valence-corrected chi connectivity index (χ4v) is 0.670. The zero-order valence-electron chi connectivity index (χ0n) is 7.77. The lowest BCUT2D eigenvalue weighted by molar-refractivity contribution is -0.120. The summed E-state index contributed by atoms with van der Waals surface area (Å²) in [6.45, 7) is 8.35. The lowest BCUT2D eigenvalue weighted by Gasteiger charge is -2.10. The van der Waals surface area contributed by atoms with Crippen molar-refractivity contribution in [3.05, 3.63) is 0 Å². The molecule has 0 rings (SSSR count). The zero-order valence-corrected chi connectivity index (χ0v) is 7.77. The first kappa shape index (κ1) is 10.4. The van der Waals surface area contributed by atoms with Gasteiger partial charge < -0.3 is 10.6 Å². The van der Waals surface area contributed by atoms with E-state index in [4.69, 9.17) is 0 Å². The number of hydrogen-bond donors (Lipinski definition) is 2. The third-order valence-corrected chi connectivity index (χ3v) is 1.12. The maximum atomic E-state index is 11.0. The highest BCUT2D eigenvalue weighted by Crippen LogP contribution is 1.78. The second-order valence-electron chi connectivity index (χ2n) is 3.26. The van der Waals surface area contributed by atoms with Crippen molar-refractivity contribution < 1.29 is 4.79 Å². The van der Waals surface area contributed by atoms with Gasteiger partial charge >= 0.3 is 0 Å². The highest BCUT2D eigenvalue weighted by atomic mass is 16.1. The molecule has 3 nitrogen and oxygen atoms in total. The summed E-state index contributed by atoms with van der Waals surface area (Å²) in [6, 6.07) is 0.601. The van der Waals surface area contributed by atoms with Crippen LogP contribution in [0.15, 0.2) is 0 Å². The van der Waals surface area contributed by atoms with Crippen molar-refractivity contribution in [1.29, 1.82) is 0 Å². The van der Waals surface area contributed by atoms with Crippen LogP contribution in [0.4, 0.5) is 0 Å². The molecule has 0 aromatic carbocycles. The first-order chi connectivity index (χ1) is 5.02. The van der Waals surface area contributed by atoms with Crippen LogP contribution in [-0.4, -0.2) is 24.5 Å². The van der Waals surface area contributed by atoms with Gasteiger partial charge in [-0.15, -0.1) is 0 Å². The Morgan fingerprint density at radius 3 is 2.09 bits per heavy atom. The summed E-state index contributed by atoms with van der Waals surface area (Å²) in [5.41, 5.74) is 0. The minimum Gasteiger partial charge on any atom is -0.353 e. The second-order valence-corrected chi connectivity index (χ2v) is 3.26. The summed E-state index contributed by atoms with van der Waals surface area (Å²) < 4.78 is 0. The molecule has 0 aliphatic heterocycles. The van der Waals surface area contributed by atoms with E-state index in [1.54, 1.807) is 0 Å². The molecule has 0 unspecified atom stereocenters. The van der Waals surface area contributed by atoms with E-state index in [9.17, 15) is 4.79 Å². The van der Waals surface area contributed by atoms with Gasteiger partial charge in [-0.05, 0) is 13.8 Å². The van der Waals surface area contributed by atoms with Gasteiger partial charge in [0, 0.05) is 12.1 Å². The van der Waals surface area contributed by atoms with E-state index in [1.165, 1.54) is 0 Å². The SMILES string of the molecule is CC(C)NCC(=O)NC(C)C. The predicted molar refractivity (Wildman–Crippen MR) is 46.4 cm³/mol. The maximum Gasteiger partial charge on any atom is 0.234 e. The summed E-state index contributed by atoms with van der Waals surface area (Å²) >= 11 is 0. The standard InChI is InChI=1S/C8H18N2O/c1-6(2)9-5-8(11)10-7(3)4/h6-7,9H,5H2,1-4H3,(H,10,11). The Hall–Kier alpha value is -0.570. The minimum absolute atomic E-state index is 0.0636. The highest BCUT2D eigenvalue weighted by Gasteiger charge is 2.02. The van der Waals surface area contributed by atoms with E-state index < -0.39 is 0 Å². The molecule has 0 aromatic heterocycles. The molecule has 0 aliphatic carbocycles. The molecule has 0 heterocycles. The molecule has 11 heavy (non-hydrogen) atoms. The lowest BCUT2D eigenvalue weighted by atomic mass is 10.3. The fraction of sp³-hybridized carbons (Fsp3) is 0.875. The van der Waals surface area contributed by atoms with Gasteiger partial charge in [-0.25, -0.2) is 0 Å². The van der Waals surface area contributed by atoms with Gasteiger partial charge in [-0.3, -0.25) is 4.79 Å². The van der Waals surface area contributed by atoms with Crippen molar-refractivity contribution in [2.75, 3.05) is 6.54 Å². The quantitative estimate of drug-likeness (QED) is 0.626. The van der Waals surface area contributed by atoms with E-state index >= 15 is 0 Å². The monoisotopic (exact) mass is 158 g/mol. The van der Waals surface area contributed by atoms with E-state index in [-0.39, 0.29) is 11.9 Å². The molecule has 2 N–H and O–H groups in total. The molecule has 0 saturated heterocycles. The van der Waals surface area contributed by atoms with E-state index in [2.05, 4.69) is 10.6 Å². The highest BCUT2D eigenvalue weighted by molar-refractivity contribution is 5.78. The van der Waals surface area contributed by atoms with Crippen LogP contribution in [0.5, 0.6) is 0 Å². The van der Waals surface area contributed by atoms with Crippen molar-refractivity contribution in [3.8, 4) is 0 Å². The lowest BCUT2D eigenvalue weighted by Crippen LogP contribution is -2.39. The molecule has 0 spiro atoms. The zero-order chi connectivity index (χ0) is 8.85. The van der Waals surface area contributed by atoms with Crippen molar-refractivity contribution in [1.82, 2.24) is 10.6 Å². The molecule has 1 amide bonds. The van der Waals surface area contributed by atoms with E-state index in [0.29, 0.717) is 12.6 Å². The van der Waals surface area contributed by atoms with Crippen LogP contribution in [0.25, 0.3) is 0 Å². The van der Waals surface area contributed by atoms with Gasteiger partial charge in [-0.1, -0.05) is 13.8 Å². The smallest absolute Gasteiger partial charge is 0.234 e. The molecular formula is C8H18N2O. The largest absolute Gasteiger partial charge is 0.353 e. The van der Waals surface area contributed by atoms with Gasteiger partial charge in [0.2, 0.25) is 5.91 Å². The summed E-state index contributed by atoms with van der Waals surface area (Å²) in [5, 5.41) is 5.84. The Labute approximate surface area is 68.6 Å². The summed E-state index contributed by atoms with van der Waals surface area (Å²) in [4.78, 5) is 11.0. The molecule has 0 aliphatic rings. The molecule has 0 radical (unpaired) electrons. The van der Waals surface area contributed by atoms with Crippen molar-refractivity contribution >= 4 is 5.91 Å². The number of carbonyl (C=O) groups is 1. The third kappa shape index (κ3) is 7.33. The molecule has 0 atom stereocenters. The topological polar surface area (TPSA) is 41.1 Å². The van der Waals surface area contributed by atoms with Crippen LogP contribution in [0.1, 0.15) is 27.7 Å². The van der Waals surface area contributed by atoms with Crippen LogP contribution in [-0.2, 0) is 4.79 Å². The summed E-state index contributed by atoms with van der Waals surface area (Å²) in [5.74, 6) is 0.0636. The molecule has 0 aromatic rings. The third-order valence-electron chi connectivity index (χ3n) is 1.12. The molecule has 0 fully saturated rings. The Morgan fingerprint density at radius 1 is 1.18 bits per heavy atom. The van der Waals surface area contributed by atoms with E-state index in [1.807, 2.05) is 27.7 Å². The van der Waals surface area contributed by atoms with Crippen LogP contribution in [0.3, 0.4) is 0 Å². The molecular weight excluding hydrogens is 140 g/mol. The van der Waals surface area contributed by atoms with Crippen molar-refractivity contribution in [2.24, 2.45) is 0 Å². The number of carbonyl (C=O) groups excluding carboxylic acids is 1. The molecule has 0 bridgehead atoms. The van der Waals surface area contributed by atoms with Crippen LogP contribution >= 0.6 is 0 Å². The van der Waals surface area contributed by atoms with Gasteiger partial charge in [0.05, 0.1) is 6.54 Å². The van der Waals surface area contributed by atoms with Crippen molar-refractivity contribution in [3.63, 3.8) is 0 Å². The molecule has 3 heteroatoms. The normalized spacial score (nSPS) is 10.7. The van der Waals surface area contributed by atoms with Gasteiger partial charge in [0.1, 0.15) is 0 Å². The Kier molecular flexibility index (Phi) is 4.86. The number of hydrogen-bond acceptors (Lipinski definition) is 2. The average Bonchev–Trinajstić information content (AvgIpc) is 1.82. The fourth-order valence-electron chi connectivity index (χ4n) is 0.670. The Balaban J connectivity index is 3.38. The number of amides is 1. The molecule has 0 saturated carbocycles. The summed E-state index contributed by atoms with van der Waals surface area (Å²) in [7, 11) is 0. The summed E-state index contributed by atoms with van der Waals surface area (Å²) in [6.07, 6.45) is 0.